The molecule has 26 heavy (non-hydrogen) atoms. The molecule has 8 nitrogen and oxygen atoms in total. The maximum atomic E-state index is 12.4. The molecular weight excluding hydrogens is 342 g/mol. The summed E-state index contributed by atoms with van der Waals surface area (Å²) in [6.45, 7) is 2.27. The van der Waals surface area contributed by atoms with Crippen molar-refractivity contribution >= 4 is 17.6 Å². The first-order valence-electron chi connectivity index (χ1n) is 8.28. The average Bonchev–Trinajstić information content (AvgIpc) is 3.13. The van der Waals surface area contributed by atoms with Crippen LogP contribution in [0.4, 0.5) is 5.69 Å². The number of carbonyl (C=O) groups is 2. The predicted molar refractivity (Wildman–Crippen MR) is 90.9 cm³/mol. The van der Waals surface area contributed by atoms with E-state index >= 15 is 0 Å². The number of carbonyl (C=O) groups excluding carboxylic acids is 2. The highest BCUT2D eigenvalue weighted by Crippen LogP contribution is 2.41. The average molecular weight is 363 g/mol. The van der Waals surface area contributed by atoms with E-state index in [9.17, 15) is 9.59 Å². The Hall–Kier alpha value is -2.74. The third-order valence-corrected chi connectivity index (χ3v) is 4.22. The van der Waals surface area contributed by atoms with Gasteiger partial charge in [-0.05, 0) is 18.1 Å². The standard InChI is InChI=1S/C18H21NO7/c1-4-5-11-6-14-15(26-10-25-14)7-13(11)19-9-24-8-12(17(20)22-2)16(19)18(21)23-3/h6-7H,4-5,8-10H2,1-3H3. The highest BCUT2D eigenvalue weighted by atomic mass is 16.7. The van der Waals surface area contributed by atoms with Gasteiger partial charge < -0.3 is 28.6 Å². The van der Waals surface area contributed by atoms with E-state index in [1.165, 1.54) is 14.2 Å². The monoisotopic (exact) mass is 363 g/mol. The molecule has 140 valence electrons. The molecule has 8 heteroatoms. The predicted octanol–water partition coefficient (Wildman–Crippen LogP) is 1.76. The Morgan fingerprint density at radius 1 is 1.12 bits per heavy atom. The number of hydrogen-bond donors (Lipinski definition) is 0. The molecule has 2 heterocycles. The van der Waals surface area contributed by atoms with E-state index in [1.807, 2.05) is 6.07 Å². The second-order valence-electron chi connectivity index (χ2n) is 5.80. The molecular formula is C18H21NO7. The molecule has 2 aliphatic rings. The highest BCUT2D eigenvalue weighted by Gasteiger charge is 2.34. The van der Waals surface area contributed by atoms with E-state index < -0.39 is 11.9 Å². The van der Waals surface area contributed by atoms with E-state index in [2.05, 4.69) is 6.92 Å². The number of anilines is 1. The summed E-state index contributed by atoms with van der Waals surface area (Å²) >= 11 is 0. The van der Waals surface area contributed by atoms with Crippen LogP contribution in [0.1, 0.15) is 18.9 Å². The largest absolute Gasteiger partial charge is 0.466 e. The minimum absolute atomic E-state index is 0.0265. The zero-order valence-corrected chi connectivity index (χ0v) is 15.0. The molecule has 0 aliphatic carbocycles. The lowest BCUT2D eigenvalue weighted by Gasteiger charge is -2.32. The molecule has 0 radical (unpaired) electrons. The van der Waals surface area contributed by atoms with Crippen molar-refractivity contribution in [3.8, 4) is 11.5 Å². The number of benzene rings is 1. The molecule has 0 N–H and O–H groups in total. The normalized spacial score (nSPS) is 15.9. The first-order valence-corrected chi connectivity index (χ1v) is 8.28. The van der Waals surface area contributed by atoms with E-state index in [0.29, 0.717) is 17.2 Å². The van der Waals surface area contributed by atoms with Crippen LogP contribution >= 0.6 is 0 Å². The van der Waals surface area contributed by atoms with Gasteiger partial charge in [0.1, 0.15) is 12.4 Å². The fourth-order valence-corrected chi connectivity index (χ4v) is 3.03. The van der Waals surface area contributed by atoms with Gasteiger partial charge in [-0.15, -0.1) is 0 Å². The maximum absolute atomic E-state index is 12.4. The Morgan fingerprint density at radius 2 is 1.81 bits per heavy atom. The van der Waals surface area contributed by atoms with Crippen molar-refractivity contribution in [1.82, 2.24) is 0 Å². The minimum atomic E-state index is -0.632. The Kier molecular flexibility index (Phi) is 5.32. The molecule has 0 fully saturated rings. The van der Waals surface area contributed by atoms with Crippen LogP contribution in [-0.4, -0.2) is 46.3 Å². The van der Waals surface area contributed by atoms with Crippen molar-refractivity contribution in [2.45, 2.75) is 19.8 Å². The molecule has 3 rings (SSSR count). The summed E-state index contributed by atoms with van der Waals surface area (Å²) in [5, 5.41) is 0. The van der Waals surface area contributed by atoms with E-state index in [-0.39, 0.29) is 31.4 Å². The van der Waals surface area contributed by atoms with Crippen LogP contribution in [0, 0.1) is 0 Å². The summed E-state index contributed by atoms with van der Waals surface area (Å²) in [4.78, 5) is 26.2. The minimum Gasteiger partial charge on any atom is -0.466 e. The van der Waals surface area contributed by atoms with Crippen molar-refractivity contribution in [2.75, 3.05) is 39.3 Å². The van der Waals surface area contributed by atoms with Crippen LogP contribution in [0.15, 0.2) is 23.4 Å². The number of fused-ring (bicyclic) bond motifs is 1. The van der Waals surface area contributed by atoms with Gasteiger partial charge >= 0.3 is 11.9 Å². The molecule has 0 amide bonds. The van der Waals surface area contributed by atoms with Gasteiger partial charge in [-0.2, -0.15) is 0 Å². The van der Waals surface area contributed by atoms with Crippen molar-refractivity contribution in [1.29, 1.82) is 0 Å². The van der Waals surface area contributed by atoms with E-state index in [1.54, 1.807) is 11.0 Å². The Morgan fingerprint density at radius 3 is 2.46 bits per heavy atom. The third kappa shape index (κ3) is 3.20. The molecule has 0 bridgehead atoms. The van der Waals surface area contributed by atoms with E-state index in [4.69, 9.17) is 23.7 Å². The number of esters is 2. The molecule has 0 saturated carbocycles. The van der Waals surface area contributed by atoms with Crippen LogP contribution in [0.3, 0.4) is 0 Å². The van der Waals surface area contributed by atoms with Gasteiger partial charge in [0.25, 0.3) is 0 Å². The number of aryl methyl sites for hydroxylation is 1. The summed E-state index contributed by atoms with van der Waals surface area (Å²) in [5.41, 5.74) is 1.89. The van der Waals surface area contributed by atoms with Crippen LogP contribution in [0.25, 0.3) is 0 Å². The quantitative estimate of drug-likeness (QED) is 0.732. The second kappa shape index (κ2) is 7.65. The number of ether oxygens (including phenoxy) is 5. The van der Waals surface area contributed by atoms with Gasteiger partial charge in [-0.3, -0.25) is 0 Å². The summed E-state index contributed by atoms with van der Waals surface area (Å²) in [6.07, 6.45) is 1.65. The lowest BCUT2D eigenvalue weighted by atomic mass is 10.0. The summed E-state index contributed by atoms with van der Waals surface area (Å²) < 4.78 is 26.1. The molecule has 0 spiro atoms. The van der Waals surface area contributed by atoms with Crippen molar-refractivity contribution < 1.29 is 33.3 Å². The van der Waals surface area contributed by atoms with Crippen LogP contribution in [0.2, 0.25) is 0 Å². The first-order chi connectivity index (χ1) is 12.6. The second-order valence-corrected chi connectivity index (χ2v) is 5.80. The Labute approximate surface area is 151 Å². The molecule has 1 aromatic rings. The molecule has 0 saturated heterocycles. The van der Waals surface area contributed by atoms with E-state index in [0.717, 1.165) is 18.4 Å². The number of nitrogens with zero attached hydrogens (tertiary/aromatic N) is 1. The fraction of sp³-hybridized carbons (Fsp3) is 0.444. The summed E-state index contributed by atoms with van der Waals surface area (Å²) in [5.74, 6) is -0.0251. The van der Waals surface area contributed by atoms with Crippen LogP contribution < -0.4 is 14.4 Å². The van der Waals surface area contributed by atoms with Crippen molar-refractivity contribution in [3.63, 3.8) is 0 Å². The summed E-state index contributed by atoms with van der Waals surface area (Å²) in [7, 11) is 2.52. The molecule has 0 atom stereocenters. The highest BCUT2D eigenvalue weighted by molar-refractivity contribution is 6.03. The molecule has 2 aliphatic heterocycles. The van der Waals surface area contributed by atoms with Gasteiger partial charge in [0, 0.05) is 6.07 Å². The van der Waals surface area contributed by atoms with Gasteiger partial charge in [-0.1, -0.05) is 13.3 Å². The molecule has 0 aromatic heterocycles. The molecule has 0 unspecified atom stereocenters. The van der Waals surface area contributed by atoms with Crippen LogP contribution in [0.5, 0.6) is 11.5 Å². The third-order valence-electron chi connectivity index (χ3n) is 4.22. The van der Waals surface area contributed by atoms with Gasteiger partial charge in [0.2, 0.25) is 6.79 Å². The fourth-order valence-electron chi connectivity index (χ4n) is 3.03. The lowest BCUT2D eigenvalue weighted by Crippen LogP contribution is -2.39. The first kappa shape index (κ1) is 18.1. The SMILES string of the molecule is CCCc1cc2c(cc1N1COCC(C(=O)OC)=C1C(=O)OC)OCO2. The van der Waals surface area contributed by atoms with Gasteiger partial charge in [-0.25, -0.2) is 9.59 Å². The smallest absolute Gasteiger partial charge is 0.355 e. The molecule has 1 aromatic carbocycles. The van der Waals surface area contributed by atoms with Gasteiger partial charge in [0.15, 0.2) is 11.5 Å². The lowest BCUT2D eigenvalue weighted by molar-refractivity contribution is -0.140. The summed E-state index contributed by atoms with van der Waals surface area (Å²) in [6, 6.07) is 3.68. The Bertz CT molecular complexity index is 756. The number of methoxy groups -OCH3 is 2. The zero-order chi connectivity index (χ0) is 18.7. The van der Waals surface area contributed by atoms with Crippen molar-refractivity contribution in [2.24, 2.45) is 0 Å². The number of hydrogen-bond acceptors (Lipinski definition) is 8. The Balaban J connectivity index is 2.14. The maximum Gasteiger partial charge on any atom is 0.355 e. The van der Waals surface area contributed by atoms with Gasteiger partial charge in [0.05, 0.1) is 32.1 Å². The number of rotatable bonds is 5. The topological polar surface area (TPSA) is 83.5 Å². The zero-order valence-electron chi connectivity index (χ0n) is 15.0. The van der Waals surface area contributed by atoms with Crippen molar-refractivity contribution in [3.05, 3.63) is 29.0 Å². The van der Waals surface area contributed by atoms with Crippen LogP contribution in [-0.2, 0) is 30.2 Å².